The molecule has 0 saturated heterocycles. The predicted molar refractivity (Wildman–Crippen MR) is 96.4 cm³/mol. The lowest BCUT2D eigenvalue weighted by molar-refractivity contribution is -0.139. The van der Waals surface area contributed by atoms with Gasteiger partial charge in [-0.05, 0) is 25.0 Å². The van der Waals surface area contributed by atoms with Crippen molar-refractivity contribution in [3.8, 4) is 0 Å². The number of carbonyl (C=O) groups excluding carboxylic acids is 2. The predicted octanol–water partition coefficient (Wildman–Crippen LogP) is 4.20. The van der Waals surface area contributed by atoms with E-state index in [2.05, 4.69) is 33.5 Å². The minimum absolute atomic E-state index is 0.326. The summed E-state index contributed by atoms with van der Waals surface area (Å²) in [7, 11) is 0. The maximum absolute atomic E-state index is 12.6. The number of allylic oxidation sites excluding steroid dienone is 1. The molecule has 1 aromatic carbocycles. The lowest BCUT2D eigenvalue weighted by Gasteiger charge is -2.28. The number of ether oxygens (including phenoxy) is 1. The highest BCUT2D eigenvalue weighted by Crippen LogP contribution is 2.32. The van der Waals surface area contributed by atoms with Gasteiger partial charge >= 0.3 is 12.0 Å². The summed E-state index contributed by atoms with van der Waals surface area (Å²) in [5, 5.41) is 5.46. The van der Waals surface area contributed by atoms with Crippen LogP contribution in [0.25, 0.3) is 0 Å². The molecule has 0 spiro atoms. The summed E-state index contributed by atoms with van der Waals surface area (Å²) in [6.45, 7) is 4.25. The SMILES string of the molecule is CCCCCCOC(=O)C1=C(C)NC(=O)N[C@H]1c1ccccc1Br. The maximum atomic E-state index is 12.6. The molecule has 2 amide bonds. The third kappa shape index (κ3) is 4.60. The molecular weight excluding hydrogens is 372 g/mol. The molecule has 1 aliphatic rings. The Kier molecular flexibility index (Phi) is 6.85. The van der Waals surface area contributed by atoms with E-state index in [-0.39, 0.29) is 6.03 Å². The second kappa shape index (κ2) is 8.87. The molecule has 0 fully saturated rings. The van der Waals surface area contributed by atoms with Crippen molar-refractivity contribution in [2.45, 2.75) is 45.6 Å². The fourth-order valence-corrected chi connectivity index (χ4v) is 3.19. The van der Waals surface area contributed by atoms with Crippen molar-refractivity contribution >= 4 is 27.9 Å². The third-order valence-corrected chi connectivity index (χ3v) is 4.66. The molecule has 0 bridgehead atoms. The molecule has 130 valence electrons. The molecule has 0 aliphatic carbocycles. The number of esters is 1. The van der Waals surface area contributed by atoms with Crippen LogP contribution in [0.3, 0.4) is 0 Å². The first kappa shape index (κ1) is 18.5. The molecule has 5 nitrogen and oxygen atoms in total. The molecule has 0 unspecified atom stereocenters. The van der Waals surface area contributed by atoms with Crippen LogP contribution in [0.2, 0.25) is 0 Å². The van der Waals surface area contributed by atoms with Gasteiger partial charge in [-0.15, -0.1) is 0 Å². The van der Waals surface area contributed by atoms with Crippen LogP contribution in [0.5, 0.6) is 0 Å². The third-order valence-electron chi connectivity index (χ3n) is 3.94. The van der Waals surface area contributed by atoms with Gasteiger partial charge in [-0.1, -0.05) is 60.3 Å². The van der Waals surface area contributed by atoms with Crippen molar-refractivity contribution in [2.24, 2.45) is 0 Å². The number of amides is 2. The van der Waals surface area contributed by atoms with Crippen molar-refractivity contribution in [2.75, 3.05) is 6.61 Å². The number of nitrogens with one attached hydrogen (secondary N) is 2. The Morgan fingerprint density at radius 2 is 2.00 bits per heavy atom. The molecule has 2 N–H and O–H groups in total. The molecule has 6 heteroatoms. The topological polar surface area (TPSA) is 67.4 Å². The minimum Gasteiger partial charge on any atom is -0.462 e. The van der Waals surface area contributed by atoms with Crippen LogP contribution in [0.15, 0.2) is 40.0 Å². The van der Waals surface area contributed by atoms with Gasteiger partial charge in [-0.2, -0.15) is 0 Å². The number of hydrogen-bond donors (Lipinski definition) is 2. The van der Waals surface area contributed by atoms with E-state index in [1.807, 2.05) is 24.3 Å². The zero-order valence-corrected chi connectivity index (χ0v) is 15.6. The molecule has 2 rings (SSSR count). The highest BCUT2D eigenvalue weighted by atomic mass is 79.9. The summed E-state index contributed by atoms with van der Waals surface area (Å²) < 4.78 is 6.25. The zero-order valence-electron chi connectivity index (χ0n) is 14.0. The first-order valence-corrected chi connectivity index (χ1v) is 9.03. The van der Waals surface area contributed by atoms with E-state index >= 15 is 0 Å². The number of carbonyl (C=O) groups is 2. The Bertz CT molecular complexity index is 643. The van der Waals surface area contributed by atoms with Crippen molar-refractivity contribution in [3.05, 3.63) is 45.6 Å². The Morgan fingerprint density at radius 1 is 1.25 bits per heavy atom. The maximum Gasteiger partial charge on any atom is 0.338 e. The van der Waals surface area contributed by atoms with E-state index in [0.717, 1.165) is 35.7 Å². The number of unbranched alkanes of at least 4 members (excludes halogenated alkanes) is 3. The van der Waals surface area contributed by atoms with E-state index in [4.69, 9.17) is 4.74 Å². The fourth-order valence-electron chi connectivity index (χ4n) is 2.68. The van der Waals surface area contributed by atoms with E-state index in [0.29, 0.717) is 17.9 Å². The lowest BCUT2D eigenvalue weighted by Crippen LogP contribution is -2.45. The largest absolute Gasteiger partial charge is 0.462 e. The number of benzene rings is 1. The van der Waals surface area contributed by atoms with Gasteiger partial charge in [-0.25, -0.2) is 9.59 Å². The van der Waals surface area contributed by atoms with Crippen LogP contribution in [0.4, 0.5) is 4.79 Å². The van der Waals surface area contributed by atoms with Crippen molar-refractivity contribution < 1.29 is 14.3 Å². The molecule has 1 aliphatic heterocycles. The first-order chi connectivity index (χ1) is 11.5. The summed E-state index contributed by atoms with van der Waals surface area (Å²) in [4.78, 5) is 24.4. The van der Waals surface area contributed by atoms with Crippen LogP contribution in [-0.2, 0) is 9.53 Å². The highest BCUT2D eigenvalue weighted by Gasteiger charge is 2.33. The number of hydrogen-bond acceptors (Lipinski definition) is 3. The van der Waals surface area contributed by atoms with Gasteiger partial charge in [0.2, 0.25) is 0 Å². The highest BCUT2D eigenvalue weighted by molar-refractivity contribution is 9.10. The second-order valence-electron chi connectivity index (χ2n) is 5.79. The van der Waals surface area contributed by atoms with E-state index in [1.54, 1.807) is 6.92 Å². The summed E-state index contributed by atoms with van der Waals surface area (Å²) in [6, 6.07) is 6.66. The number of rotatable bonds is 7. The quantitative estimate of drug-likeness (QED) is 0.537. The van der Waals surface area contributed by atoms with Crippen LogP contribution in [0, 0.1) is 0 Å². The van der Waals surface area contributed by atoms with Crippen molar-refractivity contribution in [1.29, 1.82) is 0 Å². The van der Waals surface area contributed by atoms with Gasteiger partial charge in [0, 0.05) is 10.2 Å². The molecule has 0 radical (unpaired) electrons. The Morgan fingerprint density at radius 3 is 2.71 bits per heavy atom. The van der Waals surface area contributed by atoms with Gasteiger partial charge in [0.25, 0.3) is 0 Å². The molecule has 1 atom stereocenters. The van der Waals surface area contributed by atoms with E-state index in [9.17, 15) is 9.59 Å². The minimum atomic E-state index is -0.530. The molecule has 1 aromatic rings. The summed E-state index contributed by atoms with van der Waals surface area (Å²) >= 11 is 3.48. The van der Waals surface area contributed by atoms with Gasteiger partial charge in [0.1, 0.15) is 0 Å². The van der Waals surface area contributed by atoms with Crippen molar-refractivity contribution in [3.63, 3.8) is 0 Å². The standard InChI is InChI=1S/C18H23BrN2O3/c1-3-4-5-8-11-24-17(22)15-12(2)20-18(23)21-16(15)13-9-6-7-10-14(13)19/h6-7,9-10,16H,3-5,8,11H2,1-2H3,(H2,20,21,23)/t16-/m0/s1. The fraction of sp³-hybridized carbons (Fsp3) is 0.444. The van der Waals surface area contributed by atoms with Gasteiger partial charge < -0.3 is 15.4 Å². The van der Waals surface area contributed by atoms with Gasteiger partial charge in [0.15, 0.2) is 0 Å². The monoisotopic (exact) mass is 394 g/mol. The zero-order chi connectivity index (χ0) is 17.5. The summed E-state index contributed by atoms with van der Waals surface area (Å²) in [5.41, 5.74) is 1.79. The Hall–Kier alpha value is -1.82. The molecule has 1 heterocycles. The molecule has 0 saturated carbocycles. The molecule has 24 heavy (non-hydrogen) atoms. The molecule has 0 aromatic heterocycles. The van der Waals surface area contributed by atoms with Gasteiger partial charge in [0.05, 0.1) is 18.2 Å². The number of urea groups is 1. The average molecular weight is 395 g/mol. The van der Waals surface area contributed by atoms with Crippen LogP contribution < -0.4 is 10.6 Å². The van der Waals surface area contributed by atoms with Crippen LogP contribution >= 0.6 is 15.9 Å². The smallest absolute Gasteiger partial charge is 0.338 e. The van der Waals surface area contributed by atoms with Crippen LogP contribution in [0.1, 0.15) is 51.1 Å². The Labute approximate surface area is 151 Å². The van der Waals surface area contributed by atoms with Gasteiger partial charge in [-0.3, -0.25) is 0 Å². The lowest BCUT2D eigenvalue weighted by atomic mass is 9.95. The van der Waals surface area contributed by atoms with E-state index in [1.165, 1.54) is 0 Å². The normalized spacial score (nSPS) is 17.3. The Balaban J connectivity index is 2.17. The second-order valence-corrected chi connectivity index (χ2v) is 6.64. The average Bonchev–Trinajstić information content (AvgIpc) is 2.54. The number of halogens is 1. The summed E-state index contributed by atoms with van der Waals surface area (Å²) in [6.07, 6.45) is 4.17. The first-order valence-electron chi connectivity index (χ1n) is 8.24. The van der Waals surface area contributed by atoms with Crippen LogP contribution in [-0.4, -0.2) is 18.6 Å². The van der Waals surface area contributed by atoms with E-state index < -0.39 is 12.0 Å². The summed E-state index contributed by atoms with van der Waals surface area (Å²) in [5.74, 6) is -0.391. The van der Waals surface area contributed by atoms with Crippen molar-refractivity contribution in [1.82, 2.24) is 10.6 Å². The molecular formula is C18H23BrN2O3.